The second kappa shape index (κ2) is 11.5. The molecule has 0 aliphatic heterocycles. The fraction of sp³-hybridized carbons (Fsp3) is 0.148. The second-order valence-electron chi connectivity index (χ2n) is 7.97. The molecule has 1 amide bonds. The number of methoxy groups -OCH3 is 1. The Hall–Kier alpha value is -4.44. The minimum absolute atomic E-state index is 0.0112. The van der Waals surface area contributed by atoms with Gasteiger partial charge in [0.25, 0.3) is 11.5 Å². The Balaban J connectivity index is 1.49. The molecule has 10 heteroatoms. The van der Waals surface area contributed by atoms with Gasteiger partial charge in [0.2, 0.25) is 0 Å². The van der Waals surface area contributed by atoms with Crippen molar-refractivity contribution in [2.45, 2.75) is 19.0 Å². The summed E-state index contributed by atoms with van der Waals surface area (Å²) in [5, 5.41) is 4.88. The van der Waals surface area contributed by atoms with Crippen molar-refractivity contribution in [3.05, 3.63) is 88.2 Å². The van der Waals surface area contributed by atoms with Gasteiger partial charge in [0, 0.05) is 6.92 Å². The molecule has 1 heterocycles. The van der Waals surface area contributed by atoms with E-state index in [4.69, 9.17) is 9.47 Å². The lowest BCUT2D eigenvalue weighted by Gasteiger charge is -2.13. The SMILES string of the molecule is COc1cc(/C=N/NC(=O)CSc2nc3ccccc3c(=O)n2-c2ccc(C)cc2)ccc1OC(C)=O. The fourth-order valence-corrected chi connectivity index (χ4v) is 4.28. The Kier molecular flexibility index (Phi) is 7.99. The maximum Gasteiger partial charge on any atom is 0.308 e. The number of aryl methyl sites for hydroxylation is 1. The van der Waals surface area contributed by atoms with E-state index < -0.39 is 5.97 Å². The lowest BCUT2D eigenvalue weighted by molar-refractivity contribution is -0.132. The van der Waals surface area contributed by atoms with Crippen molar-refractivity contribution in [2.24, 2.45) is 5.10 Å². The topological polar surface area (TPSA) is 112 Å². The molecule has 0 bridgehead atoms. The van der Waals surface area contributed by atoms with Crippen molar-refractivity contribution < 1.29 is 19.1 Å². The molecule has 0 fully saturated rings. The number of para-hydroxylation sites is 1. The number of hydrogen-bond donors (Lipinski definition) is 1. The van der Waals surface area contributed by atoms with Crippen molar-refractivity contribution >= 4 is 40.8 Å². The Bertz CT molecular complexity index is 1550. The number of amides is 1. The monoisotopic (exact) mass is 516 g/mol. The molecule has 0 saturated heterocycles. The zero-order chi connectivity index (χ0) is 26.4. The smallest absolute Gasteiger partial charge is 0.308 e. The molecule has 0 radical (unpaired) electrons. The molecule has 37 heavy (non-hydrogen) atoms. The summed E-state index contributed by atoms with van der Waals surface area (Å²) in [5.41, 5.74) is 5.19. The van der Waals surface area contributed by atoms with Crippen molar-refractivity contribution in [2.75, 3.05) is 12.9 Å². The predicted octanol–water partition coefficient (Wildman–Crippen LogP) is 3.87. The molecule has 188 valence electrons. The number of benzene rings is 3. The van der Waals surface area contributed by atoms with Crippen LogP contribution in [-0.4, -0.2) is 40.5 Å². The van der Waals surface area contributed by atoms with E-state index >= 15 is 0 Å². The van der Waals surface area contributed by atoms with Gasteiger partial charge in [-0.15, -0.1) is 0 Å². The molecule has 0 unspecified atom stereocenters. The zero-order valence-electron chi connectivity index (χ0n) is 20.4. The average Bonchev–Trinajstić information content (AvgIpc) is 2.89. The first-order valence-corrected chi connectivity index (χ1v) is 12.2. The molecular weight excluding hydrogens is 492 g/mol. The molecule has 0 spiro atoms. The first-order chi connectivity index (χ1) is 17.9. The standard InChI is InChI=1S/C27H24N4O5S/c1-17-8-11-20(12-9-17)31-26(34)21-6-4-5-7-22(21)29-27(31)37-16-25(33)30-28-15-19-10-13-23(36-18(2)32)24(14-19)35-3/h4-15H,16H2,1-3H3,(H,30,33)/b28-15+. The van der Waals surface area contributed by atoms with Crippen LogP contribution in [0.2, 0.25) is 0 Å². The third-order valence-corrected chi connectivity index (χ3v) is 6.15. The molecule has 9 nitrogen and oxygen atoms in total. The van der Waals surface area contributed by atoms with Crippen molar-refractivity contribution in [1.82, 2.24) is 15.0 Å². The number of rotatable bonds is 8. The summed E-state index contributed by atoms with van der Waals surface area (Å²) in [6.07, 6.45) is 1.44. The van der Waals surface area contributed by atoms with E-state index in [1.54, 1.807) is 36.4 Å². The molecule has 3 aromatic carbocycles. The number of ether oxygens (including phenoxy) is 2. The Labute approximate surface area is 217 Å². The van der Waals surface area contributed by atoms with E-state index in [1.165, 1.54) is 24.8 Å². The van der Waals surface area contributed by atoms with E-state index in [1.807, 2.05) is 37.3 Å². The van der Waals surface area contributed by atoms with Gasteiger partial charge in [-0.2, -0.15) is 5.10 Å². The average molecular weight is 517 g/mol. The van der Waals surface area contributed by atoms with Gasteiger partial charge in [0.1, 0.15) is 0 Å². The number of nitrogens with one attached hydrogen (secondary N) is 1. The first-order valence-electron chi connectivity index (χ1n) is 11.3. The van der Waals surface area contributed by atoms with Crippen molar-refractivity contribution in [3.63, 3.8) is 0 Å². The fourth-order valence-electron chi connectivity index (χ4n) is 3.48. The van der Waals surface area contributed by atoms with Gasteiger partial charge in [-0.25, -0.2) is 10.4 Å². The first kappa shape index (κ1) is 25.6. The van der Waals surface area contributed by atoms with Crippen LogP contribution >= 0.6 is 11.8 Å². The number of hydrogen-bond acceptors (Lipinski definition) is 8. The van der Waals surface area contributed by atoms with E-state index in [0.29, 0.717) is 33.1 Å². The van der Waals surface area contributed by atoms with Gasteiger partial charge >= 0.3 is 5.97 Å². The van der Waals surface area contributed by atoms with Crippen LogP contribution in [0.25, 0.3) is 16.6 Å². The lowest BCUT2D eigenvalue weighted by atomic mass is 10.2. The number of esters is 1. The van der Waals surface area contributed by atoms with Crippen LogP contribution in [0.15, 0.2) is 81.8 Å². The van der Waals surface area contributed by atoms with Gasteiger partial charge in [0.15, 0.2) is 16.7 Å². The summed E-state index contributed by atoms with van der Waals surface area (Å²) in [6.45, 7) is 3.27. The normalized spacial score (nSPS) is 11.0. The van der Waals surface area contributed by atoms with Gasteiger partial charge in [0.05, 0.1) is 35.7 Å². The molecule has 1 N–H and O–H groups in total. The third-order valence-electron chi connectivity index (χ3n) is 5.21. The van der Waals surface area contributed by atoms with Gasteiger partial charge in [-0.3, -0.25) is 19.0 Å². The lowest BCUT2D eigenvalue weighted by Crippen LogP contribution is -2.24. The van der Waals surface area contributed by atoms with Crippen LogP contribution in [0.3, 0.4) is 0 Å². The summed E-state index contributed by atoms with van der Waals surface area (Å²) >= 11 is 1.14. The largest absolute Gasteiger partial charge is 0.493 e. The van der Waals surface area contributed by atoms with E-state index in [-0.39, 0.29) is 23.0 Å². The highest BCUT2D eigenvalue weighted by molar-refractivity contribution is 7.99. The van der Waals surface area contributed by atoms with E-state index in [2.05, 4.69) is 15.5 Å². The Morgan fingerprint density at radius 2 is 1.84 bits per heavy atom. The molecule has 4 rings (SSSR count). The molecule has 0 aliphatic rings. The highest BCUT2D eigenvalue weighted by atomic mass is 32.2. The van der Waals surface area contributed by atoms with Gasteiger partial charge in [-0.05, 0) is 55.0 Å². The van der Waals surface area contributed by atoms with Crippen molar-refractivity contribution in [3.8, 4) is 17.2 Å². The number of aromatic nitrogens is 2. The van der Waals surface area contributed by atoms with E-state index in [9.17, 15) is 14.4 Å². The van der Waals surface area contributed by atoms with Crippen LogP contribution < -0.4 is 20.5 Å². The van der Waals surface area contributed by atoms with Crippen LogP contribution in [-0.2, 0) is 9.59 Å². The number of carbonyl (C=O) groups is 2. The number of hydrazone groups is 1. The minimum atomic E-state index is -0.460. The summed E-state index contributed by atoms with van der Waals surface area (Å²) in [7, 11) is 1.46. The van der Waals surface area contributed by atoms with Crippen LogP contribution in [0, 0.1) is 6.92 Å². The molecule has 4 aromatic rings. The highest BCUT2D eigenvalue weighted by Crippen LogP contribution is 2.27. The van der Waals surface area contributed by atoms with Crippen molar-refractivity contribution in [1.29, 1.82) is 0 Å². The molecule has 1 aromatic heterocycles. The number of thioether (sulfide) groups is 1. The quantitative estimate of drug-likeness (QED) is 0.0945. The summed E-state index contributed by atoms with van der Waals surface area (Å²) in [6, 6.07) is 19.5. The zero-order valence-corrected chi connectivity index (χ0v) is 21.2. The third kappa shape index (κ3) is 6.22. The van der Waals surface area contributed by atoms with Gasteiger partial charge in [-0.1, -0.05) is 41.6 Å². The predicted molar refractivity (Wildman–Crippen MR) is 143 cm³/mol. The maximum atomic E-state index is 13.3. The van der Waals surface area contributed by atoms with Crippen LogP contribution in [0.5, 0.6) is 11.5 Å². The summed E-state index contributed by atoms with van der Waals surface area (Å²) in [4.78, 5) is 41.6. The summed E-state index contributed by atoms with van der Waals surface area (Å²) in [5.74, 6) is -0.198. The number of carbonyl (C=O) groups excluding carboxylic acids is 2. The maximum absolute atomic E-state index is 13.3. The number of fused-ring (bicyclic) bond motifs is 1. The molecule has 0 aliphatic carbocycles. The molecule has 0 saturated carbocycles. The highest BCUT2D eigenvalue weighted by Gasteiger charge is 2.15. The number of nitrogens with zero attached hydrogens (tertiary/aromatic N) is 3. The van der Waals surface area contributed by atoms with Crippen LogP contribution in [0.1, 0.15) is 18.1 Å². The Morgan fingerprint density at radius 1 is 1.08 bits per heavy atom. The summed E-state index contributed by atoms with van der Waals surface area (Å²) < 4.78 is 11.8. The second-order valence-corrected chi connectivity index (χ2v) is 8.92. The minimum Gasteiger partial charge on any atom is -0.493 e. The Morgan fingerprint density at radius 3 is 2.57 bits per heavy atom. The molecule has 0 atom stereocenters. The van der Waals surface area contributed by atoms with Gasteiger partial charge < -0.3 is 9.47 Å². The van der Waals surface area contributed by atoms with Crippen LogP contribution in [0.4, 0.5) is 0 Å². The molecular formula is C27H24N4O5S. The van der Waals surface area contributed by atoms with E-state index in [0.717, 1.165) is 17.3 Å².